The zero-order valence-corrected chi connectivity index (χ0v) is 20.9. The number of carbonyl (C=O) groups is 2. The third-order valence-electron chi connectivity index (χ3n) is 6.31. The molecule has 1 atom stereocenters. The van der Waals surface area contributed by atoms with E-state index in [9.17, 15) is 9.59 Å². The molecule has 8 nitrogen and oxygen atoms in total. The number of amides is 2. The summed E-state index contributed by atoms with van der Waals surface area (Å²) in [6, 6.07) is 14.6. The normalized spacial score (nSPS) is 14.2. The third kappa shape index (κ3) is 5.32. The summed E-state index contributed by atoms with van der Waals surface area (Å²) in [5.74, 6) is 0.866. The lowest BCUT2D eigenvalue weighted by Crippen LogP contribution is -2.46. The number of nitrogens with one attached hydrogen (secondary N) is 1. The highest BCUT2D eigenvalue weighted by atomic mass is 16.5. The maximum Gasteiger partial charge on any atom is 0.294 e. The maximum absolute atomic E-state index is 14.0. The van der Waals surface area contributed by atoms with E-state index >= 15 is 0 Å². The third-order valence-corrected chi connectivity index (χ3v) is 6.31. The molecule has 0 bridgehead atoms. The largest absolute Gasteiger partial charge is 0.494 e. The monoisotopic (exact) mass is 492 g/mol. The van der Waals surface area contributed by atoms with Crippen LogP contribution < -0.4 is 24.4 Å². The minimum absolute atomic E-state index is 0.0532. The molecule has 36 heavy (non-hydrogen) atoms. The van der Waals surface area contributed by atoms with Crippen LogP contribution in [-0.4, -0.2) is 38.7 Å². The van der Waals surface area contributed by atoms with Crippen LogP contribution in [0, 0.1) is 0 Å². The van der Waals surface area contributed by atoms with Gasteiger partial charge in [-0.1, -0.05) is 25.0 Å². The second-order valence-electron chi connectivity index (χ2n) is 8.55. The standard InChI is InChI=1S/C28H32N2O6/c1-4-35-21-16-14-20(15-17-21)30(28(32)24-13-8-18-36-24)25(27(31)29-19-9-5-6-10-19)22-11-7-12-23(33-2)26(22)34-3/h7-8,11-19,25H,4-6,9-10H2,1-3H3,(H,29,31)/t25-/m0/s1. The summed E-state index contributed by atoms with van der Waals surface area (Å²) in [6.07, 6.45) is 5.37. The number of hydrogen-bond donors (Lipinski definition) is 1. The lowest BCUT2D eigenvalue weighted by atomic mass is 10.00. The van der Waals surface area contributed by atoms with E-state index in [0.717, 1.165) is 25.7 Å². The number of carbonyl (C=O) groups excluding carboxylic acids is 2. The number of ether oxygens (including phenoxy) is 3. The summed E-state index contributed by atoms with van der Waals surface area (Å²) in [6.45, 7) is 2.42. The number of nitrogens with zero attached hydrogens (tertiary/aromatic N) is 1. The fourth-order valence-electron chi connectivity index (χ4n) is 4.65. The predicted octanol–water partition coefficient (Wildman–Crippen LogP) is 5.14. The highest BCUT2D eigenvalue weighted by molar-refractivity contribution is 6.09. The molecule has 4 rings (SSSR count). The fourth-order valence-corrected chi connectivity index (χ4v) is 4.65. The average molecular weight is 493 g/mol. The van der Waals surface area contributed by atoms with E-state index in [1.165, 1.54) is 25.4 Å². The summed E-state index contributed by atoms with van der Waals surface area (Å²) in [5, 5.41) is 3.16. The minimum Gasteiger partial charge on any atom is -0.494 e. The molecule has 1 N–H and O–H groups in total. The summed E-state index contributed by atoms with van der Waals surface area (Å²) in [4.78, 5) is 29.3. The van der Waals surface area contributed by atoms with Crippen LogP contribution in [-0.2, 0) is 4.79 Å². The van der Waals surface area contributed by atoms with E-state index in [4.69, 9.17) is 18.6 Å². The molecular weight excluding hydrogens is 460 g/mol. The zero-order valence-electron chi connectivity index (χ0n) is 20.9. The van der Waals surface area contributed by atoms with Crippen LogP contribution in [0.15, 0.2) is 65.3 Å². The maximum atomic E-state index is 14.0. The zero-order chi connectivity index (χ0) is 25.5. The molecule has 0 unspecified atom stereocenters. The first-order chi connectivity index (χ1) is 17.6. The molecule has 0 saturated heterocycles. The van der Waals surface area contributed by atoms with Crippen LogP contribution in [0.1, 0.15) is 54.8 Å². The van der Waals surface area contributed by atoms with Gasteiger partial charge in [-0.05, 0) is 62.2 Å². The molecule has 0 aliphatic heterocycles. The minimum atomic E-state index is -1.05. The van der Waals surface area contributed by atoms with Gasteiger partial charge in [-0.2, -0.15) is 0 Å². The molecule has 1 heterocycles. The molecule has 2 aromatic carbocycles. The van der Waals surface area contributed by atoms with Gasteiger partial charge in [0.05, 0.1) is 27.1 Å². The van der Waals surface area contributed by atoms with E-state index in [2.05, 4.69) is 5.32 Å². The Bertz CT molecular complexity index is 1150. The van der Waals surface area contributed by atoms with Crippen molar-refractivity contribution in [2.75, 3.05) is 25.7 Å². The number of methoxy groups -OCH3 is 2. The Balaban J connectivity index is 1.86. The van der Waals surface area contributed by atoms with Gasteiger partial charge in [-0.25, -0.2) is 0 Å². The van der Waals surface area contributed by atoms with Crippen LogP contribution in [0.4, 0.5) is 5.69 Å². The molecule has 0 radical (unpaired) electrons. The van der Waals surface area contributed by atoms with Crippen LogP contribution in [0.3, 0.4) is 0 Å². The summed E-state index contributed by atoms with van der Waals surface area (Å²) in [7, 11) is 3.05. The van der Waals surface area contributed by atoms with Crippen LogP contribution in [0.5, 0.6) is 17.2 Å². The van der Waals surface area contributed by atoms with Crippen LogP contribution in [0.25, 0.3) is 0 Å². The Morgan fingerprint density at radius 1 is 1.03 bits per heavy atom. The van der Waals surface area contributed by atoms with Gasteiger partial charge in [0.25, 0.3) is 5.91 Å². The van der Waals surface area contributed by atoms with Crippen molar-refractivity contribution < 1.29 is 28.2 Å². The lowest BCUT2D eigenvalue weighted by molar-refractivity contribution is -0.123. The second kappa shape index (κ2) is 11.7. The molecule has 1 aliphatic rings. The van der Waals surface area contributed by atoms with Gasteiger partial charge < -0.3 is 23.9 Å². The van der Waals surface area contributed by atoms with Crippen molar-refractivity contribution in [2.24, 2.45) is 0 Å². The van der Waals surface area contributed by atoms with E-state index in [0.29, 0.717) is 35.1 Å². The first-order valence-electron chi connectivity index (χ1n) is 12.2. The van der Waals surface area contributed by atoms with E-state index < -0.39 is 11.9 Å². The van der Waals surface area contributed by atoms with Gasteiger partial charge in [-0.3, -0.25) is 14.5 Å². The second-order valence-corrected chi connectivity index (χ2v) is 8.55. The van der Waals surface area contributed by atoms with E-state index in [1.807, 2.05) is 6.92 Å². The lowest BCUT2D eigenvalue weighted by Gasteiger charge is -2.32. The smallest absolute Gasteiger partial charge is 0.294 e. The molecule has 1 saturated carbocycles. The Morgan fingerprint density at radius 2 is 1.78 bits per heavy atom. The number of para-hydroxylation sites is 1. The first-order valence-corrected chi connectivity index (χ1v) is 12.2. The van der Waals surface area contributed by atoms with Crippen molar-refractivity contribution >= 4 is 17.5 Å². The van der Waals surface area contributed by atoms with Crippen molar-refractivity contribution in [3.8, 4) is 17.2 Å². The fraction of sp³-hybridized carbons (Fsp3) is 0.357. The van der Waals surface area contributed by atoms with Gasteiger partial charge >= 0.3 is 0 Å². The molecule has 190 valence electrons. The Labute approximate surface area is 211 Å². The molecule has 2 amide bonds. The van der Waals surface area contributed by atoms with Crippen molar-refractivity contribution in [2.45, 2.75) is 44.7 Å². The van der Waals surface area contributed by atoms with E-state index in [1.54, 1.807) is 54.6 Å². The molecule has 1 aliphatic carbocycles. The van der Waals surface area contributed by atoms with Crippen molar-refractivity contribution in [3.63, 3.8) is 0 Å². The molecule has 8 heteroatoms. The van der Waals surface area contributed by atoms with Crippen molar-refractivity contribution in [1.82, 2.24) is 5.32 Å². The summed E-state index contributed by atoms with van der Waals surface area (Å²) < 4.78 is 22.2. The summed E-state index contributed by atoms with van der Waals surface area (Å²) in [5.41, 5.74) is 1.01. The van der Waals surface area contributed by atoms with Gasteiger partial charge in [0.15, 0.2) is 17.3 Å². The molecular formula is C28H32N2O6. The van der Waals surface area contributed by atoms with Gasteiger partial charge in [0.1, 0.15) is 11.8 Å². The van der Waals surface area contributed by atoms with Gasteiger partial charge in [-0.15, -0.1) is 0 Å². The van der Waals surface area contributed by atoms with Crippen LogP contribution >= 0.6 is 0 Å². The van der Waals surface area contributed by atoms with Crippen molar-refractivity contribution in [3.05, 3.63) is 72.2 Å². The number of furan rings is 1. The molecule has 1 fully saturated rings. The van der Waals surface area contributed by atoms with Gasteiger partial charge in [0.2, 0.25) is 5.91 Å². The number of anilines is 1. The highest BCUT2D eigenvalue weighted by Crippen LogP contribution is 2.40. The first kappa shape index (κ1) is 25.2. The van der Waals surface area contributed by atoms with E-state index in [-0.39, 0.29) is 17.7 Å². The number of rotatable bonds is 10. The SMILES string of the molecule is CCOc1ccc(N(C(=O)c2ccco2)[C@H](C(=O)NC2CCCC2)c2cccc(OC)c2OC)cc1. The molecule has 1 aromatic heterocycles. The molecule has 3 aromatic rings. The number of hydrogen-bond acceptors (Lipinski definition) is 6. The Kier molecular flexibility index (Phi) is 8.15. The summed E-state index contributed by atoms with van der Waals surface area (Å²) >= 11 is 0. The predicted molar refractivity (Wildman–Crippen MR) is 136 cm³/mol. The van der Waals surface area contributed by atoms with Gasteiger partial charge in [0, 0.05) is 17.3 Å². The number of benzene rings is 2. The van der Waals surface area contributed by atoms with Crippen LogP contribution in [0.2, 0.25) is 0 Å². The topological polar surface area (TPSA) is 90.2 Å². The quantitative estimate of drug-likeness (QED) is 0.421. The van der Waals surface area contributed by atoms with Crippen molar-refractivity contribution in [1.29, 1.82) is 0 Å². The Morgan fingerprint density at radius 3 is 2.39 bits per heavy atom. The Hall–Kier alpha value is -3.94. The average Bonchev–Trinajstić information content (AvgIpc) is 3.62. The highest BCUT2D eigenvalue weighted by Gasteiger charge is 2.38. The molecule has 0 spiro atoms.